The predicted molar refractivity (Wildman–Crippen MR) is 70.5 cm³/mol. The molecule has 2 nitrogen and oxygen atoms in total. The summed E-state index contributed by atoms with van der Waals surface area (Å²) in [5, 5.41) is 0. The molecule has 0 aromatic heterocycles. The highest BCUT2D eigenvalue weighted by molar-refractivity contribution is 5.29. The molecule has 0 spiro atoms. The fourth-order valence-corrected chi connectivity index (χ4v) is 1.82. The molecule has 1 aromatic carbocycles. The van der Waals surface area contributed by atoms with Crippen LogP contribution in [0.5, 0.6) is 0 Å². The Balaban J connectivity index is 2.43. The molecule has 1 aromatic rings. The Bertz CT molecular complexity index is 321. The van der Waals surface area contributed by atoms with Crippen LogP contribution in [0.2, 0.25) is 0 Å². The van der Waals surface area contributed by atoms with Crippen molar-refractivity contribution in [3.8, 4) is 0 Å². The quantitative estimate of drug-likeness (QED) is 0.746. The molecule has 0 aliphatic carbocycles. The zero-order valence-electron chi connectivity index (χ0n) is 10.8. The number of rotatable bonds is 6. The van der Waals surface area contributed by atoms with Crippen LogP contribution in [0, 0.1) is 13.8 Å². The van der Waals surface area contributed by atoms with E-state index in [0.717, 1.165) is 26.1 Å². The maximum absolute atomic E-state index is 5.49. The van der Waals surface area contributed by atoms with Gasteiger partial charge in [-0.2, -0.15) is 0 Å². The van der Waals surface area contributed by atoms with Crippen LogP contribution in [0.3, 0.4) is 0 Å². The normalized spacial score (nSPS) is 11.1. The standard InChI is InChI=1S/C14H24N2/c1-12-6-7-14(10-13(12)2)11-16(3)9-5-4-8-15/h6-7,10H,4-5,8-9,11,15H2,1-3H3. The summed E-state index contributed by atoms with van der Waals surface area (Å²) in [6.07, 6.45) is 2.31. The van der Waals surface area contributed by atoms with E-state index in [1.54, 1.807) is 0 Å². The van der Waals surface area contributed by atoms with Crippen molar-refractivity contribution < 1.29 is 0 Å². The van der Waals surface area contributed by atoms with Gasteiger partial charge in [-0.15, -0.1) is 0 Å². The molecule has 1 rings (SSSR count). The maximum atomic E-state index is 5.49. The lowest BCUT2D eigenvalue weighted by molar-refractivity contribution is 0.319. The minimum atomic E-state index is 0.803. The second-order valence-electron chi connectivity index (χ2n) is 4.65. The lowest BCUT2D eigenvalue weighted by atomic mass is 10.1. The first-order valence-corrected chi connectivity index (χ1v) is 6.08. The van der Waals surface area contributed by atoms with Crippen LogP contribution in [-0.2, 0) is 6.54 Å². The maximum Gasteiger partial charge on any atom is 0.0230 e. The first-order chi connectivity index (χ1) is 7.63. The fourth-order valence-electron chi connectivity index (χ4n) is 1.82. The molecule has 0 amide bonds. The first kappa shape index (κ1) is 13.2. The molecule has 0 aliphatic heterocycles. The number of hydrogen-bond acceptors (Lipinski definition) is 2. The molecule has 90 valence electrons. The van der Waals surface area contributed by atoms with Crippen molar-refractivity contribution in [3.05, 3.63) is 34.9 Å². The Hall–Kier alpha value is -0.860. The summed E-state index contributed by atoms with van der Waals surface area (Å²) in [5.41, 5.74) is 9.64. The van der Waals surface area contributed by atoms with Crippen LogP contribution in [0.15, 0.2) is 18.2 Å². The number of nitrogens with zero attached hydrogens (tertiary/aromatic N) is 1. The molecule has 16 heavy (non-hydrogen) atoms. The Kier molecular flexibility index (Phi) is 5.50. The second kappa shape index (κ2) is 6.66. The summed E-state index contributed by atoms with van der Waals surface area (Å²) < 4.78 is 0. The van der Waals surface area contributed by atoms with Gasteiger partial charge in [0.2, 0.25) is 0 Å². The van der Waals surface area contributed by atoms with Crippen molar-refractivity contribution in [3.63, 3.8) is 0 Å². The van der Waals surface area contributed by atoms with Crippen LogP contribution >= 0.6 is 0 Å². The SMILES string of the molecule is Cc1ccc(CN(C)CCCCN)cc1C. The number of unbranched alkanes of at least 4 members (excludes halogenated alkanes) is 1. The van der Waals surface area contributed by atoms with E-state index >= 15 is 0 Å². The molecular weight excluding hydrogens is 196 g/mol. The average Bonchev–Trinajstić information content (AvgIpc) is 2.24. The number of nitrogens with two attached hydrogens (primary N) is 1. The highest BCUT2D eigenvalue weighted by Crippen LogP contribution is 2.11. The third-order valence-corrected chi connectivity index (χ3v) is 3.02. The molecule has 0 aliphatic rings. The molecule has 2 N–H and O–H groups in total. The fraction of sp³-hybridized carbons (Fsp3) is 0.571. The van der Waals surface area contributed by atoms with Crippen molar-refractivity contribution in [2.75, 3.05) is 20.1 Å². The molecule has 0 radical (unpaired) electrons. The van der Waals surface area contributed by atoms with Gasteiger partial charge in [0.05, 0.1) is 0 Å². The van der Waals surface area contributed by atoms with Gasteiger partial charge in [0.25, 0.3) is 0 Å². The van der Waals surface area contributed by atoms with E-state index < -0.39 is 0 Å². The van der Waals surface area contributed by atoms with Gasteiger partial charge in [0.1, 0.15) is 0 Å². The summed E-state index contributed by atoms with van der Waals surface area (Å²) in [6, 6.07) is 6.72. The van der Waals surface area contributed by atoms with E-state index in [1.165, 1.54) is 23.1 Å². The smallest absolute Gasteiger partial charge is 0.0230 e. The molecule has 2 heteroatoms. The van der Waals surface area contributed by atoms with Crippen molar-refractivity contribution in [1.82, 2.24) is 4.90 Å². The van der Waals surface area contributed by atoms with Gasteiger partial charge < -0.3 is 10.6 Å². The minimum absolute atomic E-state index is 0.803. The Labute approximate surface area is 99.5 Å². The number of benzene rings is 1. The molecule has 0 heterocycles. The van der Waals surface area contributed by atoms with E-state index in [-0.39, 0.29) is 0 Å². The lowest BCUT2D eigenvalue weighted by Gasteiger charge is -2.17. The first-order valence-electron chi connectivity index (χ1n) is 6.08. The molecule has 0 saturated carbocycles. The molecule has 0 saturated heterocycles. The zero-order valence-corrected chi connectivity index (χ0v) is 10.8. The monoisotopic (exact) mass is 220 g/mol. The van der Waals surface area contributed by atoms with E-state index in [9.17, 15) is 0 Å². The van der Waals surface area contributed by atoms with Gasteiger partial charge >= 0.3 is 0 Å². The summed E-state index contributed by atoms with van der Waals surface area (Å²) in [6.45, 7) is 7.30. The summed E-state index contributed by atoms with van der Waals surface area (Å²) >= 11 is 0. The van der Waals surface area contributed by atoms with Crippen LogP contribution in [0.1, 0.15) is 29.5 Å². The largest absolute Gasteiger partial charge is 0.330 e. The van der Waals surface area contributed by atoms with Crippen molar-refractivity contribution in [2.24, 2.45) is 5.73 Å². The van der Waals surface area contributed by atoms with Crippen molar-refractivity contribution in [2.45, 2.75) is 33.2 Å². The molecule has 0 atom stereocenters. The van der Waals surface area contributed by atoms with Crippen molar-refractivity contribution in [1.29, 1.82) is 0 Å². The average molecular weight is 220 g/mol. The Morgan fingerprint density at radius 2 is 1.88 bits per heavy atom. The molecular formula is C14H24N2. The molecule has 0 unspecified atom stereocenters. The summed E-state index contributed by atoms with van der Waals surface area (Å²) in [7, 11) is 2.17. The second-order valence-corrected chi connectivity index (χ2v) is 4.65. The van der Waals surface area contributed by atoms with Crippen molar-refractivity contribution >= 4 is 0 Å². The zero-order chi connectivity index (χ0) is 12.0. The van der Waals surface area contributed by atoms with E-state index in [0.29, 0.717) is 0 Å². The van der Waals surface area contributed by atoms with E-state index in [2.05, 4.69) is 44.0 Å². The third kappa shape index (κ3) is 4.33. The molecule has 0 bridgehead atoms. The van der Waals surface area contributed by atoms with Gasteiger partial charge in [-0.25, -0.2) is 0 Å². The molecule has 0 fully saturated rings. The van der Waals surface area contributed by atoms with Crippen LogP contribution in [0.4, 0.5) is 0 Å². The lowest BCUT2D eigenvalue weighted by Crippen LogP contribution is -2.19. The predicted octanol–water partition coefficient (Wildman–Crippen LogP) is 2.47. The number of aryl methyl sites for hydroxylation is 2. The third-order valence-electron chi connectivity index (χ3n) is 3.02. The summed E-state index contributed by atoms with van der Waals surface area (Å²) in [5.74, 6) is 0. The number of hydrogen-bond donors (Lipinski definition) is 1. The van der Waals surface area contributed by atoms with Crippen LogP contribution in [-0.4, -0.2) is 25.0 Å². The van der Waals surface area contributed by atoms with Gasteiger partial charge in [-0.1, -0.05) is 18.2 Å². The Morgan fingerprint density at radius 1 is 1.12 bits per heavy atom. The van der Waals surface area contributed by atoms with Gasteiger partial charge in [0.15, 0.2) is 0 Å². The van der Waals surface area contributed by atoms with E-state index in [1.807, 2.05) is 0 Å². The van der Waals surface area contributed by atoms with Gasteiger partial charge in [-0.05, 0) is 63.5 Å². The minimum Gasteiger partial charge on any atom is -0.330 e. The highest BCUT2D eigenvalue weighted by Gasteiger charge is 2.01. The topological polar surface area (TPSA) is 29.3 Å². The van der Waals surface area contributed by atoms with Gasteiger partial charge in [0, 0.05) is 6.54 Å². The van der Waals surface area contributed by atoms with Gasteiger partial charge in [-0.3, -0.25) is 0 Å². The highest BCUT2D eigenvalue weighted by atomic mass is 15.1. The Morgan fingerprint density at radius 3 is 2.50 bits per heavy atom. The van der Waals surface area contributed by atoms with Crippen LogP contribution in [0.25, 0.3) is 0 Å². The van der Waals surface area contributed by atoms with Crippen LogP contribution < -0.4 is 5.73 Å². The summed E-state index contributed by atoms with van der Waals surface area (Å²) in [4.78, 5) is 2.36. The van der Waals surface area contributed by atoms with E-state index in [4.69, 9.17) is 5.73 Å².